The van der Waals surface area contributed by atoms with Crippen molar-refractivity contribution in [3.8, 4) is 17.0 Å². The zero-order valence-corrected chi connectivity index (χ0v) is 16.3. The third kappa shape index (κ3) is 3.83. The molecule has 1 saturated carbocycles. The number of nitrogens with zero attached hydrogens (tertiary/aromatic N) is 4. The van der Waals surface area contributed by atoms with Gasteiger partial charge in [-0.3, -0.25) is 9.48 Å². The third-order valence-electron chi connectivity index (χ3n) is 5.27. The Morgan fingerprint density at radius 2 is 2.31 bits per heavy atom. The Labute approximate surface area is 168 Å². The lowest BCUT2D eigenvalue weighted by Gasteiger charge is -2.23. The number of anilines is 1. The number of hydrogen-bond donors (Lipinski definition) is 2. The topological polar surface area (TPSA) is 94.7 Å². The van der Waals surface area contributed by atoms with Gasteiger partial charge in [0.25, 0.3) is 0 Å². The molecule has 2 aliphatic rings. The number of carbonyl (C=O) groups excluding carboxylic acids is 1. The second kappa shape index (κ2) is 7.49. The van der Waals surface area contributed by atoms with E-state index in [2.05, 4.69) is 20.8 Å². The second-order valence-electron chi connectivity index (χ2n) is 7.57. The molecule has 2 N–H and O–H groups in total. The first-order chi connectivity index (χ1) is 14.2. The Bertz CT molecular complexity index is 1030. The van der Waals surface area contributed by atoms with E-state index in [1.54, 1.807) is 15.4 Å². The van der Waals surface area contributed by atoms with Gasteiger partial charge in [0.05, 0.1) is 18.3 Å². The van der Waals surface area contributed by atoms with Gasteiger partial charge in [0.2, 0.25) is 5.91 Å². The van der Waals surface area contributed by atoms with Crippen molar-refractivity contribution in [3.63, 3.8) is 0 Å². The maximum atomic E-state index is 12.0. The summed E-state index contributed by atoms with van der Waals surface area (Å²) in [6, 6.07) is 5.86. The van der Waals surface area contributed by atoms with Gasteiger partial charge >= 0.3 is 0 Å². The number of aromatic nitrogens is 4. The number of amides is 1. The summed E-state index contributed by atoms with van der Waals surface area (Å²) in [5.41, 5.74) is 2.75. The molecule has 9 nitrogen and oxygen atoms in total. The Morgan fingerprint density at radius 1 is 1.41 bits per heavy atom. The van der Waals surface area contributed by atoms with Gasteiger partial charge in [-0.2, -0.15) is 10.2 Å². The van der Waals surface area contributed by atoms with Crippen molar-refractivity contribution in [2.24, 2.45) is 13.0 Å². The van der Waals surface area contributed by atoms with E-state index in [0.29, 0.717) is 24.8 Å². The average Bonchev–Trinajstić information content (AvgIpc) is 3.42. The van der Waals surface area contributed by atoms with Crippen LogP contribution in [0.15, 0.2) is 30.6 Å². The van der Waals surface area contributed by atoms with Crippen molar-refractivity contribution in [2.45, 2.75) is 18.9 Å². The molecular formula is C20H24N6O3. The van der Waals surface area contributed by atoms with E-state index >= 15 is 0 Å². The lowest BCUT2D eigenvalue weighted by Crippen LogP contribution is -2.41. The smallest absolute Gasteiger partial charge is 0.228 e. The van der Waals surface area contributed by atoms with Crippen LogP contribution in [0.5, 0.6) is 5.75 Å². The van der Waals surface area contributed by atoms with Crippen molar-refractivity contribution in [1.29, 1.82) is 0 Å². The highest BCUT2D eigenvalue weighted by molar-refractivity contribution is 5.93. The van der Waals surface area contributed by atoms with Gasteiger partial charge in [-0.1, -0.05) is 0 Å². The van der Waals surface area contributed by atoms with Gasteiger partial charge in [-0.25, -0.2) is 4.52 Å². The average molecular weight is 396 g/mol. The summed E-state index contributed by atoms with van der Waals surface area (Å²) in [4.78, 5) is 12.0. The summed E-state index contributed by atoms with van der Waals surface area (Å²) in [6.45, 7) is 2.83. The Balaban J connectivity index is 1.36. The summed E-state index contributed by atoms with van der Waals surface area (Å²) >= 11 is 0. The van der Waals surface area contributed by atoms with Crippen LogP contribution in [-0.2, 0) is 16.6 Å². The van der Waals surface area contributed by atoms with E-state index in [9.17, 15) is 4.79 Å². The minimum absolute atomic E-state index is 0.0340. The van der Waals surface area contributed by atoms with Gasteiger partial charge < -0.3 is 20.1 Å². The van der Waals surface area contributed by atoms with E-state index < -0.39 is 0 Å². The van der Waals surface area contributed by atoms with Gasteiger partial charge in [-0.05, 0) is 25.0 Å². The number of pyridine rings is 1. The fourth-order valence-electron chi connectivity index (χ4n) is 3.54. The molecule has 0 radical (unpaired) electrons. The maximum absolute atomic E-state index is 12.0. The van der Waals surface area contributed by atoms with E-state index in [4.69, 9.17) is 9.47 Å². The van der Waals surface area contributed by atoms with Crippen LogP contribution >= 0.6 is 0 Å². The number of aryl methyl sites for hydroxylation is 1. The van der Waals surface area contributed by atoms with Gasteiger partial charge in [-0.15, -0.1) is 0 Å². The SMILES string of the molecule is Cn1ncc(OC[C@@H]2CNCCO2)c1-c1ccn2nc(NC(=O)C3CC3)cc2c1. The first-order valence-corrected chi connectivity index (χ1v) is 9.95. The largest absolute Gasteiger partial charge is 0.487 e. The van der Waals surface area contributed by atoms with Crippen LogP contribution in [0.2, 0.25) is 0 Å². The maximum Gasteiger partial charge on any atom is 0.228 e. The lowest BCUT2D eigenvalue weighted by molar-refractivity contribution is -0.117. The molecule has 152 valence electrons. The van der Waals surface area contributed by atoms with E-state index in [0.717, 1.165) is 42.7 Å². The summed E-state index contributed by atoms with van der Waals surface area (Å²) in [5, 5.41) is 15.0. The minimum Gasteiger partial charge on any atom is -0.487 e. The molecule has 3 aromatic rings. The summed E-state index contributed by atoms with van der Waals surface area (Å²) < 4.78 is 15.3. The van der Waals surface area contributed by atoms with E-state index in [-0.39, 0.29) is 17.9 Å². The zero-order chi connectivity index (χ0) is 19.8. The molecule has 1 atom stereocenters. The molecular weight excluding hydrogens is 372 g/mol. The third-order valence-corrected chi connectivity index (χ3v) is 5.27. The quantitative estimate of drug-likeness (QED) is 0.655. The fraction of sp³-hybridized carbons (Fsp3) is 0.450. The molecule has 3 aromatic heterocycles. The molecule has 2 fully saturated rings. The molecule has 0 bridgehead atoms. The molecule has 0 unspecified atom stereocenters. The highest BCUT2D eigenvalue weighted by Crippen LogP contribution is 2.32. The highest BCUT2D eigenvalue weighted by Gasteiger charge is 2.30. The number of nitrogens with one attached hydrogen (secondary N) is 2. The van der Waals surface area contributed by atoms with Crippen molar-refractivity contribution in [2.75, 3.05) is 31.6 Å². The van der Waals surface area contributed by atoms with Gasteiger partial charge in [0.1, 0.15) is 18.4 Å². The molecule has 1 aliphatic carbocycles. The molecule has 1 saturated heterocycles. The summed E-state index contributed by atoms with van der Waals surface area (Å²) in [7, 11) is 1.89. The molecule has 29 heavy (non-hydrogen) atoms. The first kappa shape index (κ1) is 18.1. The molecule has 0 aromatic carbocycles. The van der Waals surface area contributed by atoms with Crippen LogP contribution < -0.4 is 15.4 Å². The number of ether oxygens (including phenoxy) is 2. The molecule has 1 amide bonds. The monoisotopic (exact) mass is 396 g/mol. The van der Waals surface area contributed by atoms with Crippen LogP contribution in [0.25, 0.3) is 16.8 Å². The first-order valence-electron chi connectivity index (χ1n) is 9.95. The zero-order valence-electron chi connectivity index (χ0n) is 16.3. The van der Waals surface area contributed by atoms with Gasteiger partial charge in [0.15, 0.2) is 11.6 Å². The number of hydrogen-bond acceptors (Lipinski definition) is 6. The molecule has 0 spiro atoms. The lowest BCUT2D eigenvalue weighted by atomic mass is 10.1. The number of morpholine rings is 1. The molecule has 9 heteroatoms. The van der Waals surface area contributed by atoms with Crippen LogP contribution in [-0.4, -0.2) is 57.7 Å². The van der Waals surface area contributed by atoms with Crippen LogP contribution in [0.3, 0.4) is 0 Å². The fourth-order valence-corrected chi connectivity index (χ4v) is 3.54. The van der Waals surface area contributed by atoms with E-state index in [1.165, 1.54) is 0 Å². The van der Waals surface area contributed by atoms with Crippen molar-refractivity contribution >= 4 is 17.2 Å². The Hall–Kier alpha value is -2.91. The highest BCUT2D eigenvalue weighted by atomic mass is 16.5. The second-order valence-corrected chi connectivity index (χ2v) is 7.57. The van der Waals surface area contributed by atoms with E-state index in [1.807, 2.05) is 31.4 Å². The Kier molecular flexibility index (Phi) is 4.69. The van der Waals surface area contributed by atoms with Crippen molar-refractivity contribution in [1.82, 2.24) is 24.7 Å². The molecule has 4 heterocycles. The molecule has 5 rings (SSSR count). The van der Waals surface area contributed by atoms with Crippen LogP contribution in [0.1, 0.15) is 12.8 Å². The predicted octanol–water partition coefficient (Wildman–Crippen LogP) is 1.45. The summed E-state index contributed by atoms with van der Waals surface area (Å²) in [5.74, 6) is 1.48. The van der Waals surface area contributed by atoms with Crippen LogP contribution in [0, 0.1) is 5.92 Å². The predicted molar refractivity (Wildman–Crippen MR) is 107 cm³/mol. The molecule has 1 aliphatic heterocycles. The standard InChI is InChI=1S/C20H24N6O3/c1-25-19(17(11-22-25)29-12-16-10-21-5-7-28-16)14-4-6-26-15(8-14)9-18(24-26)23-20(27)13-2-3-13/h4,6,8-9,11,13,16,21H,2-3,5,7,10,12H2,1H3,(H,23,24,27)/t16-/m0/s1. The van der Waals surface area contributed by atoms with Crippen molar-refractivity contribution in [3.05, 3.63) is 30.6 Å². The van der Waals surface area contributed by atoms with Crippen LogP contribution in [0.4, 0.5) is 5.82 Å². The van der Waals surface area contributed by atoms with Gasteiger partial charge in [0, 0.05) is 43.9 Å². The number of rotatable bonds is 6. The normalized spacial score (nSPS) is 19.4. The Morgan fingerprint density at radius 3 is 3.10 bits per heavy atom. The summed E-state index contributed by atoms with van der Waals surface area (Å²) in [6.07, 6.45) is 5.57. The minimum atomic E-state index is 0.0340. The number of carbonyl (C=O) groups is 1. The van der Waals surface area contributed by atoms with Crippen molar-refractivity contribution < 1.29 is 14.3 Å². The number of fused-ring (bicyclic) bond motifs is 1.